The molecule has 3 heterocycles. The van der Waals surface area contributed by atoms with Gasteiger partial charge in [0.15, 0.2) is 0 Å². The smallest absolute Gasteiger partial charge is 0.408 e. The van der Waals surface area contributed by atoms with Crippen molar-refractivity contribution in [1.29, 1.82) is 0 Å². The summed E-state index contributed by atoms with van der Waals surface area (Å²) in [7, 11) is 0. The van der Waals surface area contributed by atoms with Gasteiger partial charge in [0.2, 0.25) is 0 Å². The van der Waals surface area contributed by atoms with Crippen molar-refractivity contribution in [1.82, 2.24) is 35.7 Å². The Labute approximate surface area is 248 Å². The molecule has 0 unspecified atom stereocenters. The van der Waals surface area contributed by atoms with Crippen LogP contribution >= 0.6 is 0 Å². The number of hydrogen-bond donors (Lipinski definition) is 3. The molecule has 0 radical (unpaired) electrons. The Hall–Kier alpha value is -4.66. The predicted octanol–water partition coefficient (Wildman–Crippen LogP) is 1.39. The summed E-state index contributed by atoms with van der Waals surface area (Å²) in [5.74, 6) is -1.52. The largest absolute Gasteiger partial charge is 0.456 e. The van der Waals surface area contributed by atoms with Crippen molar-refractivity contribution in [2.75, 3.05) is 6.54 Å². The van der Waals surface area contributed by atoms with Gasteiger partial charge in [-0.25, -0.2) is 19.4 Å². The molecule has 2 aromatic rings. The number of alkyl carbamates (subject to hydrolysis) is 1. The molecule has 2 bridgehead atoms. The number of imidazole rings is 1. The van der Waals surface area contributed by atoms with Crippen molar-refractivity contribution in [3.05, 3.63) is 54.1 Å². The Bertz CT molecular complexity index is 1330. The first kappa shape index (κ1) is 31.3. The van der Waals surface area contributed by atoms with E-state index in [4.69, 9.17) is 14.3 Å². The van der Waals surface area contributed by atoms with E-state index in [1.54, 1.807) is 20.8 Å². The predicted molar refractivity (Wildman–Crippen MR) is 149 cm³/mol. The molecule has 43 heavy (non-hydrogen) atoms. The van der Waals surface area contributed by atoms with Crippen molar-refractivity contribution in [3.63, 3.8) is 0 Å². The lowest BCUT2D eigenvalue weighted by Gasteiger charge is -2.29. The zero-order valence-electron chi connectivity index (χ0n) is 24.6. The van der Waals surface area contributed by atoms with Crippen LogP contribution in [0.2, 0.25) is 0 Å². The number of hydrazine groups is 1. The summed E-state index contributed by atoms with van der Waals surface area (Å²) < 4.78 is 11.8. The topological polar surface area (TPSA) is 173 Å². The van der Waals surface area contributed by atoms with Crippen LogP contribution < -0.4 is 16.2 Å². The van der Waals surface area contributed by atoms with Gasteiger partial charge in [0, 0.05) is 18.9 Å². The molecule has 4 rings (SSSR count). The van der Waals surface area contributed by atoms with Gasteiger partial charge < -0.3 is 24.3 Å². The van der Waals surface area contributed by atoms with E-state index in [1.165, 1.54) is 33.8 Å². The maximum absolute atomic E-state index is 13.0. The molecule has 1 aromatic heterocycles. The lowest BCUT2D eigenvalue weighted by Crippen LogP contribution is -2.54. The highest BCUT2D eigenvalue weighted by atomic mass is 16.7. The first-order valence-corrected chi connectivity index (χ1v) is 13.9. The number of esters is 1. The number of fused-ring (bicyclic) bond motifs is 2. The number of aromatic nitrogens is 2. The highest BCUT2D eigenvalue weighted by Gasteiger charge is 2.48. The number of carbonyl (C=O) groups excluding carboxylic acids is 5. The molecule has 0 saturated carbocycles. The molecule has 5 amide bonds. The van der Waals surface area contributed by atoms with E-state index in [-0.39, 0.29) is 31.6 Å². The molecule has 15 nitrogen and oxygen atoms in total. The minimum atomic E-state index is -0.975. The number of piperidine rings is 1. The molecular weight excluding hydrogens is 562 g/mol. The third-order valence-corrected chi connectivity index (χ3v) is 6.71. The van der Waals surface area contributed by atoms with Crippen LogP contribution in [0.25, 0.3) is 0 Å². The molecule has 15 heteroatoms. The Morgan fingerprint density at radius 3 is 2.53 bits per heavy atom. The quantitative estimate of drug-likeness (QED) is 0.269. The van der Waals surface area contributed by atoms with Gasteiger partial charge >= 0.3 is 18.1 Å². The van der Waals surface area contributed by atoms with E-state index in [0.717, 1.165) is 5.56 Å². The second-order valence-electron chi connectivity index (χ2n) is 11.3. The number of carbonyl (C=O) groups is 5. The van der Waals surface area contributed by atoms with Gasteiger partial charge in [-0.15, -0.1) is 0 Å². The van der Waals surface area contributed by atoms with Crippen molar-refractivity contribution in [3.8, 4) is 0 Å². The van der Waals surface area contributed by atoms with Gasteiger partial charge in [0.05, 0.1) is 6.04 Å². The van der Waals surface area contributed by atoms with Gasteiger partial charge in [-0.05, 0) is 46.1 Å². The number of nitrogens with one attached hydrogen (secondary N) is 3. The maximum Gasteiger partial charge on any atom is 0.408 e. The minimum Gasteiger partial charge on any atom is -0.456 e. The van der Waals surface area contributed by atoms with Gasteiger partial charge in [-0.2, -0.15) is 5.06 Å². The van der Waals surface area contributed by atoms with Crippen LogP contribution in [0.3, 0.4) is 0 Å². The molecule has 2 saturated heterocycles. The van der Waals surface area contributed by atoms with Crippen LogP contribution in [0.15, 0.2) is 42.7 Å². The second-order valence-corrected chi connectivity index (χ2v) is 11.3. The van der Waals surface area contributed by atoms with Crippen molar-refractivity contribution in [2.45, 2.75) is 84.0 Å². The van der Waals surface area contributed by atoms with Gasteiger partial charge in [0.25, 0.3) is 11.8 Å². The van der Waals surface area contributed by atoms with Crippen molar-refractivity contribution in [2.24, 2.45) is 0 Å². The molecular formula is C28H37N7O8. The summed E-state index contributed by atoms with van der Waals surface area (Å²) in [6.07, 6.45) is 3.18. The van der Waals surface area contributed by atoms with Gasteiger partial charge in [0.1, 0.15) is 43.3 Å². The summed E-state index contributed by atoms with van der Waals surface area (Å²) in [5, 5.41) is 3.73. The Morgan fingerprint density at radius 1 is 1.07 bits per heavy atom. The monoisotopic (exact) mass is 599 g/mol. The molecule has 1 aromatic carbocycles. The Kier molecular flexibility index (Phi) is 9.85. The van der Waals surface area contributed by atoms with E-state index in [0.29, 0.717) is 19.4 Å². The van der Waals surface area contributed by atoms with Crippen LogP contribution in [0.1, 0.15) is 51.9 Å². The van der Waals surface area contributed by atoms with Crippen LogP contribution in [0.5, 0.6) is 0 Å². The number of hydrogen-bond acceptors (Lipinski definition) is 9. The van der Waals surface area contributed by atoms with E-state index in [9.17, 15) is 24.0 Å². The second kappa shape index (κ2) is 13.5. The summed E-state index contributed by atoms with van der Waals surface area (Å²) in [5.41, 5.74) is 4.96. The molecule has 3 N–H and O–H groups in total. The Balaban J connectivity index is 1.21. The highest BCUT2D eigenvalue weighted by molar-refractivity contribution is 5.90. The van der Waals surface area contributed by atoms with Crippen molar-refractivity contribution < 1.29 is 38.3 Å². The average molecular weight is 600 g/mol. The lowest BCUT2D eigenvalue weighted by molar-refractivity contribution is -0.147. The summed E-state index contributed by atoms with van der Waals surface area (Å²) in [6.45, 7) is 6.66. The summed E-state index contributed by atoms with van der Waals surface area (Å²) in [4.78, 5) is 73.9. The van der Waals surface area contributed by atoms with Gasteiger partial charge in [-0.1, -0.05) is 30.3 Å². The number of rotatable bonds is 10. The number of nitrogens with zero attached hydrogens (tertiary/aromatic N) is 4. The number of urea groups is 1. The fourth-order valence-electron chi connectivity index (χ4n) is 4.63. The molecule has 0 aliphatic carbocycles. The van der Waals surface area contributed by atoms with Crippen molar-refractivity contribution >= 4 is 29.9 Å². The molecule has 3 atom stereocenters. The average Bonchev–Trinajstić information content (AvgIpc) is 3.49. The zero-order valence-corrected chi connectivity index (χ0v) is 24.6. The highest BCUT2D eigenvalue weighted by Crippen LogP contribution is 2.30. The molecule has 2 aliphatic heterocycles. The summed E-state index contributed by atoms with van der Waals surface area (Å²) in [6, 6.07) is 7.20. The minimum absolute atomic E-state index is 0.153. The van der Waals surface area contributed by atoms with Crippen LogP contribution in [-0.4, -0.2) is 79.7 Å². The van der Waals surface area contributed by atoms with E-state index >= 15 is 0 Å². The lowest BCUT2D eigenvalue weighted by atomic mass is 10.0. The third kappa shape index (κ3) is 8.44. The van der Waals surface area contributed by atoms with E-state index < -0.39 is 47.6 Å². The van der Waals surface area contributed by atoms with Crippen LogP contribution in [0.4, 0.5) is 9.59 Å². The van der Waals surface area contributed by atoms with Crippen LogP contribution in [-0.2, 0) is 48.5 Å². The molecule has 0 spiro atoms. The molecule has 232 valence electrons. The molecule has 2 fully saturated rings. The standard InChI is InChI=1S/C28H37N7O8/c1-18(30-26(39)43-28(2,3)4)25(38)41-17-22-29-12-13-33(22)15-23(36)31-32-24(37)21-11-10-20-14-34(21)27(40)35(20)42-16-19-8-6-5-7-9-19/h5-9,12-13,18,20-21H,10-11,14-17H2,1-4H3,(H,30,39)(H,31,36)(H,32,37)/t18-,20+,21-/m0/s1. The third-order valence-electron chi connectivity index (χ3n) is 6.71. The number of ether oxygens (including phenoxy) is 2. The fraction of sp³-hybridized carbons (Fsp3) is 0.500. The Morgan fingerprint density at radius 2 is 1.81 bits per heavy atom. The fourth-order valence-corrected chi connectivity index (χ4v) is 4.63. The van der Waals surface area contributed by atoms with Gasteiger partial charge in [-0.3, -0.25) is 25.3 Å². The van der Waals surface area contributed by atoms with E-state index in [1.807, 2.05) is 30.3 Å². The number of benzene rings is 1. The zero-order chi connectivity index (χ0) is 31.1. The van der Waals surface area contributed by atoms with E-state index in [2.05, 4.69) is 21.2 Å². The first-order valence-electron chi connectivity index (χ1n) is 13.9. The normalized spacial score (nSPS) is 18.6. The molecule has 2 aliphatic rings. The number of amides is 5. The number of hydroxylamine groups is 2. The summed E-state index contributed by atoms with van der Waals surface area (Å²) >= 11 is 0. The first-order chi connectivity index (χ1) is 20.4. The van der Waals surface area contributed by atoms with Crippen LogP contribution in [0, 0.1) is 0 Å². The SMILES string of the molecule is C[C@H](NC(=O)OC(C)(C)C)C(=O)OCc1nccn1CC(=O)NNC(=O)[C@@H]1CC[C@@H]2CN1C(=O)N2OCc1ccccc1. The maximum atomic E-state index is 13.0.